The van der Waals surface area contributed by atoms with Crippen LogP contribution in [0.4, 0.5) is 0 Å². The van der Waals surface area contributed by atoms with Gasteiger partial charge in [0.1, 0.15) is 0 Å². The lowest BCUT2D eigenvalue weighted by atomic mass is 10.5. The Hall–Kier alpha value is 0.387. The van der Waals surface area contributed by atoms with Gasteiger partial charge in [-0.15, -0.1) is 0 Å². The van der Waals surface area contributed by atoms with Gasteiger partial charge >= 0.3 is 5.97 Å². The number of esters is 1. The highest BCUT2D eigenvalue weighted by Crippen LogP contribution is 2.08. The van der Waals surface area contributed by atoms with Crippen molar-refractivity contribution in [2.45, 2.75) is 15.8 Å². The van der Waals surface area contributed by atoms with E-state index < -0.39 is 0 Å². The van der Waals surface area contributed by atoms with E-state index in [1.807, 2.05) is 0 Å². The largest absolute Gasteiger partial charge is 0.463 e. The Bertz CT molecular complexity index is 150. The second-order valence-electron chi connectivity index (χ2n) is 1.98. The fraction of sp³-hybridized carbons (Fsp3) is 0.571. The second kappa shape index (κ2) is 8.01. The molecule has 0 atom stereocenters. The Morgan fingerprint density at radius 1 is 1.67 bits per heavy atom. The summed E-state index contributed by atoms with van der Waals surface area (Å²) in [6.45, 7) is 3.79. The van der Waals surface area contributed by atoms with Crippen molar-refractivity contribution in [2.75, 3.05) is 6.61 Å². The predicted molar refractivity (Wildman–Crippen MR) is 58.0 cm³/mol. The zero-order chi connectivity index (χ0) is 9.40. The van der Waals surface area contributed by atoms with Crippen LogP contribution < -0.4 is 0 Å². The highest BCUT2D eigenvalue weighted by atomic mass is 79.9. The van der Waals surface area contributed by atoms with Crippen molar-refractivity contribution in [2.24, 2.45) is 0 Å². The number of carbonyl (C=O) groups excluding carboxylic acids is 1. The highest BCUT2D eigenvalue weighted by Gasteiger charge is 1.99. The Kier molecular flexibility index (Phi) is 8.26. The van der Waals surface area contributed by atoms with Crippen molar-refractivity contribution in [1.82, 2.24) is 0 Å². The molecule has 0 bridgehead atoms. The topological polar surface area (TPSA) is 26.3 Å². The Morgan fingerprint density at radius 2 is 2.33 bits per heavy atom. The number of ether oxygens (including phenoxy) is 1. The van der Waals surface area contributed by atoms with E-state index in [0.29, 0.717) is 9.97 Å². The quantitative estimate of drug-likeness (QED) is 0.247. The molecule has 0 aliphatic heterocycles. The van der Waals surface area contributed by atoms with Gasteiger partial charge in [-0.3, -0.25) is 0 Å². The van der Waals surface area contributed by atoms with Crippen LogP contribution in [0, 0.1) is 0 Å². The van der Waals surface area contributed by atoms with Crippen LogP contribution in [0.15, 0.2) is 12.7 Å². The van der Waals surface area contributed by atoms with Gasteiger partial charge in [-0.25, -0.2) is 4.79 Å². The first-order chi connectivity index (χ1) is 5.66. The van der Waals surface area contributed by atoms with Crippen LogP contribution in [0.1, 0.15) is 6.42 Å². The minimum atomic E-state index is -0.340. The first kappa shape index (κ1) is 12.4. The lowest BCUT2D eigenvalue weighted by Gasteiger charge is -2.01. The summed E-state index contributed by atoms with van der Waals surface area (Å²) in [5.74, 6) is -0.340. The van der Waals surface area contributed by atoms with Crippen molar-refractivity contribution in [3.8, 4) is 0 Å². The average Bonchev–Trinajstić information content (AvgIpc) is 2.03. The van der Waals surface area contributed by atoms with Crippen molar-refractivity contribution in [3.05, 3.63) is 12.7 Å². The number of rotatable bonds is 6. The molecule has 0 aromatic heterocycles. The molecule has 0 rings (SSSR count). The van der Waals surface area contributed by atoms with E-state index in [2.05, 4.69) is 38.4 Å². The number of halogens is 2. The molecule has 0 aromatic carbocycles. The minimum absolute atomic E-state index is 0.340. The van der Waals surface area contributed by atoms with Gasteiger partial charge in [-0.05, 0) is 6.42 Å². The first-order valence-electron chi connectivity index (χ1n) is 3.47. The van der Waals surface area contributed by atoms with E-state index in [1.165, 1.54) is 6.08 Å². The molecular formula is C7H10Br2O2Si. The van der Waals surface area contributed by atoms with Gasteiger partial charge in [-0.2, -0.15) is 0 Å². The third-order valence-electron chi connectivity index (χ3n) is 1.03. The molecule has 2 nitrogen and oxygen atoms in total. The van der Waals surface area contributed by atoms with Crippen LogP contribution in [0.25, 0.3) is 0 Å². The molecule has 0 fully saturated rings. The summed E-state index contributed by atoms with van der Waals surface area (Å²) in [5, 5.41) is 0. The maximum Gasteiger partial charge on any atom is 0.330 e. The van der Waals surface area contributed by atoms with Crippen LogP contribution in [0.5, 0.6) is 0 Å². The molecule has 5 heteroatoms. The monoisotopic (exact) mass is 312 g/mol. The van der Waals surface area contributed by atoms with Gasteiger partial charge in [0.2, 0.25) is 0 Å². The van der Waals surface area contributed by atoms with Crippen molar-refractivity contribution < 1.29 is 9.53 Å². The lowest BCUT2D eigenvalue weighted by molar-refractivity contribution is -0.137. The molecule has 0 spiro atoms. The number of hydrogen-bond acceptors (Lipinski definition) is 2. The summed E-state index contributed by atoms with van der Waals surface area (Å²) in [7, 11) is 0.809. The highest BCUT2D eigenvalue weighted by molar-refractivity contribution is 9.25. The molecule has 0 aliphatic rings. The summed E-state index contributed by atoms with van der Waals surface area (Å²) in [5.41, 5.74) is 0. The summed E-state index contributed by atoms with van der Waals surface area (Å²) in [6.07, 6.45) is 2.09. The molecule has 2 radical (unpaired) electrons. The van der Waals surface area contributed by atoms with Gasteiger partial charge in [0.25, 0.3) is 0 Å². The van der Waals surface area contributed by atoms with Crippen molar-refractivity contribution >= 4 is 47.3 Å². The molecule has 0 saturated carbocycles. The zero-order valence-electron chi connectivity index (χ0n) is 6.56. The van der Waals surface area contributed by atoms with Gasteiger partial charge in [0, 0.05) is 6.08 Å². The Morgan fingerprint density at radius 3 is 2.83 bits per heavy atom. The van der Waals surface area contributed by atoms with Gasteiger partial charge in [0.05, 0.1) is 19.5 Å². The maximum atomic E-state index is 10.6. The average molecular weight is 314 g/mol. The fourth-order valence-electron chi connectivity index (χ4n) is 0.515. The van der Waals surface area contributed by atoms with Crippen LogP contribution >= 0.6 is 31.9 Å². The molecule has 0 unspecified atom stereocenters. The standard InChI is InChI=1S/C7H10Br2O2Si/c1-2-6(10)11-4-3-5-12-7(8)9/h2,7H,1,3-5H2. The molecule has 0 aliphatic carbocycles. The van der Waals surface area contributed by atoms with E-state index in [-0.39, 0.29) is 5.97 Å². The van der Waals surface area contributed by atoms with Gasteiger partial charge in [0.15, 0.2) is 0 Å². The van der Waals surface area contributed by atoms with E-state index >= 15 is 0 Å². The number of hydrogen-bond donors (Lipinski definition) is 0. The van der Waals surface area contributed by atoms with E-state index in [9.17, 15) is 4.79 Å². The van der Waals surface area contributed by atoms with Crippen LogP contribution in [-0.4, -0.2) is 25.5 Å². The van der Waals surface area contributed by atoms with Gasteiger partial charge < -0.3 is 4.74 Å². The van der Waals surface area contributed by atoms with Crippen molar-refractivity contribution in [1.29, 1.82) is 0 Å². The molecule has 0 N–H and O–H groups in total. The summed E-state index contributed by atoms with van der Waals surface area (Å²) < 4.78 is 5.18. The lowest BCUT2D eigenvalue weighted by Crippen LogP contribution is -2.05. The third kappa shape index (κ3) is 8.48. The van der Waals surface area contributed by atoms with Gasteiger partial charge in [-0.1, -0.05) is 44.5 Å². The maximum absolute atomic E-state index is 10.6. The number of alkyl halides is 2. The SMILES string of the molecule is C=CC(=O)OCCC[Si]C(Br)Br. The van der Waals surface area contributed by atoms with E-state index in [0.717, 1.165) is 22.0 Å². The predicted octanol–water partition coefficient (Wildman–Crippen LogP) is 2.30. The molecular weight excluding hydrogens is 304 g/mol. The second-order valence-corrected chi connectivity index (χ2v) is 8.22. The molecule has 12 heavy (non-hydrogen) atoms. The third-order valence-corrected chi connectivity index (χ3v) is 3.92. The molecule has 0 amide bonds. The Balaban J connectivity index is 3.11. The summed E-state index contributed by atoms with van der Waals surface area (Å²) in [4.78, 5) is 10.6. The summed E-state index contributed by atoms with van der Waals surface area (Å²) >= 11 is 6.75. The minimum Gasteiger partial charge on any atom is -0.463 e. The molecule has 68 valence electrons. The van der Waals surface area contributed by atoms with Crippen molar-refractivity contribution in [3.63, 3.8) is 0 Å². The fourth-order valence-corrected chi connectivity index (χ4v) is 2.46. The molecule has 0 heterocycles. The molecule has 0 saturated heterocycles. The van der Waals surface area contributed by atoms with E-state index in [1.54, 1.807) is 0 Å². The van der Waals surface area contributed by atoms with Crippen LogP contribution in [-0.2, 0) is 9.53 Å². The van der Waals surface area contributed by atoms with Crippen LogP contribution in [0.2, 0.25) is 6.04 Å². The smallest absolute Gasteiger partial charge is 0.330 e. The first-order valence-corrected chi connectivity index (χ1v) is 6.59. The normalized spacial score (nSPS) is 9.92. The van der Waals surface area contributed by atoms with Crippen LogP contribution in [0.3, 0.4) is 0 Å². The van der Waals surface area contributed by atoms with E-state index in [4.69, 9.17) is 4.74 Å². The summed E-state index contributed by atoms with van der Waals surface area (Å²) in [6, 6.07) is 1.06. The molecule has 0 aromatic rings. The zero-order valence-corrected chi connectivity index (χ0v) is 10.7. The Labute approximate surface area is 91.8 Å². The number of carbonyl (C=O) groups is 1.